The zero-order chi connectivity index (χ0) is 13.8. The Morgan fingerprint density at radius 2 is 1.74 bits per heavy atom. The van der Waals surface area contributed by atoms with Crippen molar-refractivity contribution in [3.63, 3.8) is 0 Å². The van der Waals surface area contributed by atoms with E-state index in [0.717, 1.165) is 6.07 Å². The fraction of sp³-hybridized carbons (Fsp3) is 0.0769. The Labute approximate surface area is 109 Å². The van der Waals surface area contributed by atoms with Gasteiger partial charge in [-0.15, -0.1) is 0 Å². The summed E-state index contributed by atoms with van der Waals surface area (Å²) in [6.07, 6.45) is 0. The zero-order valence-corrected chi connectivity index (χ0v) is 9.88. The van der Waals surface area contributed by atoms with Gasteiger partial charge in [0, 0.05) is 17.1 Å². The number of ether oxygens (including phenoxy) is 1. The van der Waals surface area contributed by atoms with Crippen LogP contribution in [0.25, 0.3) is 0 Å². The topological polar surface area (TPSA) is 49.7 Å². The van der Waals surface area contributed by atoms with Crippen LogP contribution in [0, 0.1) is 11.6 Å². The highest BCUT2D eigenvalue weighted by Gasteiger charge is 2.16. The van der Waals surface area contributed by atoms with Crippen molar-refractivity contribution in [2.24, 2.45) is 0 Å². The highest BCUT2D eigenvalue weighted by Crippen LogP contribution is 2.15. The van der Waals surface area contributed by atoms with Gasteiger partial charge in [0.15, 0.2) is 0 Å². The van der Waals surface area contributed by atoms with Crippen LogP contribution in [0.3, 0.4) is 0 Å². The summed E-state index contributed by atoms with van der Waals surface area (Å²) < 4.78 is 32.0. The maximum absolute atomic E-state index is 13.4. The third-order valence-corrected chi connectivity index (χ3v) is 2.60. The van der Waals surface area contributed by atoms with E-state index in [2.05, 4.69) is 0 Å². The number of hydrogen-bond acceptors (Lipinski definition) is 3. The molecule has 2 N–H and O–H groups in total. The first-order chi connectivity index (χ1) is 9.08. The molecule has 0 aliphatic rings. The largest absolute Gasteiger partial charge is 0.491 e. The molecule has 0 unspecified atom stereocenters. The van der Waals surface area contributed by atoms with Crippen LogP contribution >= 0.6 is 0 Å². The molecule has 2 aromatic carbocycles. The van der Waals surface area contributed by atoms with Crippen LogP contribution < -0.4 is 10.2 Å². The molecule has 0 heterocycles. The van der Waals surface area contributed by atoms with Crippen LogP contribution in [0.5, 0.6) is 5.75 Å². The third-order valence-electron chi connectivity index (χ3n) is 2.60. The monoisotopic (exact) mass is 264 g/mol. The van der Waals surface area contributed by atoms with E-state index >= 15 is 0 Å². The summed E-state index contributed by atoms with van der Waals surface area (Å²) in [7, 11) is -1.87. The van der Waals surface area contributed by atoms with Gasteiger partial charge >= 0.3 is 7.12 Å². The standard InChI is InChI=1S/C13H11BF2O3/c15-12-4-2-1-3-9(12)8-19-10-5-6-11(14(17)18)13(16)7-10/h1-7,17-18H,8H2. The lowest BCUT2D eigenvalue weighted by Crippen LogP contribution is -2.32. The lowest BCUT2D eigenvalue weighted by Gasteiger charge is -2.08. The van der Waals surface area contributed by atoms with Gasteiger partial charge in [-0.2, -0.15) is 0 Å². The minimum absolute atomic E-state index is 0.0346. The van der Waals surface area contributed by atoms with Gasteiger partial charge in [-0.25, -0.2) is 8.78 Å². The molecule has 0 radical (unpaired) electrons. The van der Waals surface area contributed by atoms with Crippen LogP contribution in [0.1, 0.15) is 5.56 Å². The first-order valence-corrected chi connectivity index (χ1v) is 5.59. The van der Waals surface area contributed by atoms with Crippen LogP contribution in [0.2, 0.25) is 0 Å². The molecule has 0 bridgehead atoms. The molecule has 0 atom stereocenters. The van der Waals surface area contributed by atoms with Crippen molar-refractivity contribution in [2.45, 2.75) is 6.61 Å². The highest BCUT2D eigenvalue weighted by molar-refractivity contribution is 6.58. The minimum atomic E-state index is -1.87. The fourth-order valence-electron chi connectivity index (χ4n) is 1.58. The van der Waals surface area contributed by atoms with Gasteiger partial charge in [0.05, 0.1) is 0 Å². The van der Waals surface area contributed by atoms with Crippen molar-refractivity contribution in [3.8, 4) is 5.75 Å². The van der Waals surface area contributed by atoms with E-state index in [9.17, 15) is 8.78 Å². The highest BCUT2D eigenvalue weighted by atomic mass is 19.1. The van der Waals surface area contributed by atoms with Crippen LogP contribution in [0.4, 0.5) is 8.78 Å². The van der Waals surface area contributed by atoms with E-state index in [1.165, 1.54) is 18.2 Å². The summed E-state index contributed by atoms with van der Waals surface area (Å²) in [6.45, 7) is -0.0346. The number of halogens is 2. The van der Waals surface area contributed by atoms with Gasteiger partial charge in [-0.05, 0) is 12.1 Å². The Morgan fingerprint density at radius 1 is 1.00 bits per heavy atom. The van der Waals surface area contributed by atoms with Crippen LogP contribution in [-0.2, 0) is 6.61 Å². The van der Waals surface area contributed by atoms with E-state index in [1.54, 1.807) is 18.2 Å². The van der Waals surface area contributed by atoms with Crippen molar-refractivity contribution < 1.29 is 23.6 Å². The van der Waals surface area contributed by atoms with E-state index in [1.807, 2.05) is 0 Å². The molecule has 98 valence electrons. The molecule has 3 nitrogen and oxygen atoms in total. The predicted molar refractivity (Wildman–Crippen MR) is 67.0 cm³/mol. The van der Waals surface area contributed by atoms with E-state index < -0.39 is 18.8 Å². The lowest BCUT2D eigenvalue weighted by atomic mass is 9.80. The van der Waals surface area contributed by atoms with Crippen molar-refractivity contribution in [2.75, 3.05) is 0 Å². The maximum atomic E-state index is 13.4. The van der Waals surface area contributed by atoms with Crippen molar-refractivity contribution >= 4 is 12.6 Å². The average molecular weight is 264 g/mol. The Balaban J connectivity index is 2.08. The Hall–Kier alpha value is -1.92. The molecule has 0 aliphatic carbocycles. The smallest absolute Gasteiger partial charge is 0.489 e. The molecule has 0 saturated carbocycles. The van der Waals surface area contributed by atoms with Crippen LogP contribution in [-0.4, -0.2) is 17.2 Å². The molecule has 2 aromatic rings. The summed E-state index contributed by atoms with van der Waals surface area (Å²) in [5.41, 5.74) is 0.118. The second-order valence-electron chi connectivity index (χ2n) is 3.94. The van der Waals surface area contributed by atoms with E-state index in [4.69, 9.17) is 14.8 Å². The van der Waals surface area contributed by atoms with Gasteiger partial charge in [0.1, 0.15) is 24.0 Å². The SMILES string of the molecule is OB(O)c1ccc(OCc2ccccc2F)cc1F. The number of rotatable bonds is 4. The molecular weight excluding hydrogens is 253 g/mol. The molecule has 0 fully saturated rings. The van der Waals surface area contributed by atoms with E-state index in [0.29, 0.717) is 5.56 Å². The molecule has 0 amide bonds. The maximum Gasteiger partial charge on any atom is 0.491 e. The third kappa shape index (κ3) is 3.30. The molecule has 2 rings (SSSR count). The Morgan fingerprint density at radius 3 is 2.37 bits per heavy atom. The number of hydrogen-bond donors (Lipinski definition) is 2. The van der Waals surface area contributed by atoms with Crippen LogP contribution in [0.15, 0.2) is 42.5 Å². The quantitative estimate of drug-likeness (QED) is 0.816. The second-order valence-corrected chi connectivity index (χ2v) is 3.94. The van der Waals surface area contributed by atoms with E-state index in [-0.39, 0.29) is 17.8 Å². The van der Waals surface area contributed by atoms with Crippen molar-refractivity contribution in [3.05, 3.63) is 59.7 Å². The Bertz CT molecular complexity index is 576. The first kappa shape index (κ1) is 13.5. The molecule has 0 aliphatic heterocycles. The van der Waals surface area contributed by atoms with Gasteiger partial charge in [0.25, 0.3) is 0 Å². The molecule has 6 heteroatoms. The van der Waals surface area contributed by atoms with Crippen molar-refractivity contribution in [1.29, 1.82) is 0 Å². The molecule has 0 aromatic heterocycles. The average Bonchev–Trinajstić information content (AvgIpc) is 2.37. The first-order valence-electron chi connectivity index (χ1n) is 5.59. The fourth-order valence-corrected chi connectivity index (χ4v) is 1.58. The molecular formula is C13H11BF2O3. The minimum Gasteiger partial charge on any atom is -0.489 e. The van der Waals surface area contributed by atoms with Gasteiger partial charge in [0.2, 0.25) is 0 Å². The molecule has 0 saturated heterocycles. The summed E-state index contributed by atoms with van der Waals surface area (Å²) in [4.78, 5) is 0. The van der Waals surface area contributed by atoms with Gasteiger partial charge < -0.3 is 14.8 Å². The Kier molecular flexibility index (Phi) is 4.14. The lowest BCUT2D eigenvalue weighted by molar-refractivity contribution is 0.298. The summed E-state index contributed by atoms with van der Waals surface area (Å²) >= 11 is 0. The zero-order valence-electron chi connectivity index (χ0n) is 9.88. The normalized spacial score (nSPS) is 10.3. The summed E-state index contributed by atoms with van der Waals surface area (Å²) in [5.74, 6) is -1.00. The van der Waals surface area contributed by atoms with Gasteiger partial charge in [-0.1, -0.05) is 24.3 Å². The second kappa shape index (κ2) is 5.82. The molecule has 19 heavy (non-hydrogen) atoms. The van der Waals surface area contributed by atoms with Gasteiger partial charge in [-0.3, -0.25) is 0 Å². The number of benzene rings is 2. The predicted octanol–water partition coefficient (Wildman–Crippen LogP) is 1.22. The summed E-state index contributed by atoms with van der Waals surface area (Å²) in [5, 5.41) is 17.7. The summed E-state index contributed by atoms with van der Waals surface area (Å²) in [6, 6.07) is 9.73. The molecule has 0 spiro atoms. The van der Waals surface area contributed by atoms with Crippen molar-refractivity contribution in [1.82, 2.24) is 0 Å².